The van der Waals surface area contributed by atoms with Crippen molar-refractivity contribution < 1.29 is 15.0 Å². The predicted octanol–water partition coefficient (Wildman–Crippen LogP) is 3.58. The van der Waals surface area contributed by atoms with E-state index in [4.69, 9.17) is 0 Å². The summed E-state index contributed by atoms with van der Waals surface area (Å²) in [5, 5.41) is 19.8. The molecule has 0 radical (unpaired) electrons. The van der Waals surface area contributed by atoms with Gasteiger partial charge in [0, 0.05) is 17.4 Å². The summed E-state index contributed by atoms with van der Waals surface area (Å²) in [5.41, 5.74) is 4.57. The van der Waals surface area contributed by atoms with Gasteiger partial charge in [-0.05, 0) is 55.2 Å². The molecular weight excluding hydrogens is 264 g/mol. The second-order valence-electron chi connectivity index (χ2n) is 6.90. The van der Waals surface area contributed by atoms with E-state index in [-0.39, 0.29) is 16.9 Å². The second kappa shape index (κ2) is 4.12. The second-order valence-corrected chi connectivity index (χ2v) is 6.90. The number of hydrogen-bond donors (Lipinski definition) is 2. The quantitative estimate of drug-likeness (QED) is 0.716. The molecule has 3 aliphatic carbocycles. The Bertz CT molecular complexity index is 686. The lowest BCUT2D eigenvalue weighted by Crippen LogP contribution is -2.34. The maximum atomic E-state index is 12.3. The Morgan fingerprint density at radius 3 is 2.76 bits per heavy atom. The van der Waals surface area contributed by atoms with Crippen LogP contribution in [0.4, 0.5) is 0 Å². The van der Waals surface area contributed by atoms with Gasteiger partial charge in [0.15, 0.2) is 11.5 Å². The molecule has 1 aromatic rings. The van der Waals surface area contributed by atoms with Crippen molar-refractivity contribution in [2.24, 2.45) is 11.3 Å². The monoisotopic (exact) mass is 284 g/mol. The first-order valence-corrected chi connectivity index (χ1v) is 7.82. The maximum Gasteiger partial charge on any atom is 0.161 e. The molecule has 0 aromatic heterocycles. The molecule has 0 spiro atoms. The number of aromatic hydroxyl groups is 2. The summed E-state index contributed by atoms with van der Waals surface area (Å²) in [4.78, 5) is 12.3. The molecule has 0 bridgehead atoms. The average Bonchev–Trinajstić information content (AvgIpc) is 2.78. The summed E-state index contributed by atoms with van der Waals surface area (Å²) in [7, 11) is 0. The molecule has 0 unspecified atom stereocenters. The van der Waals surface area contributed by atoms with Crippen molar-refractivity contribution in [1.82, 2.24) is 0 Å². The van der Waals surface area contributed by atoms with Crippen LogP contribution in [0.1, 0.15) is 50.2 Å². The molecule has 3 heteroatoms. The number of rotatable bonds is 0. The van der Waals surface area contributed by atoms with Crippen molar-refractivity contribution in [2.75, 3.05) is 0 Å². The van der Waals surface area contributed by atoms with Gasteiger partial charge in [-0.2, -0.15) is 0 Å². The van der Waals surface area contributed by atoms with Gasteiger partial charge >= 0.3 is 0 Å². The number of Topliss-reactive ketones (excluding diaryl/α,β-unsaturated/α-hetero) is 1. The van der Waals surface area contributed by atoms with Gasteiger partial charge in [0.2, 0.25) is 0 Å². The summed E-state index contributed by atoms with van der Waals surface area (Å²) in [5.74, 6) is 0.820. The molecule has 1 aromatic carbocycles. The van der Waals surface area contributed by atoms with Crippen molar-refractivity contribution in [3.8, 4) is 11.5 Å². The molecule has 110 valence electrons. The molecule has 1 saturated carbocycles. The fourth-order valence-electron chi connectivity index (χ4n) is 4.75. The van der Waals surface area contributed by atoms with Crippen LogP contribution in [0.5, 0.6) is 11.5 Å². The van der Waals surface area contributed by atoms with Gasteiger partial charge in [-0.15, -0.1) is 0 Å². The lowest BCUT2D eigenvalue weighted by atomic mass is 9.62. The highest BCUT2D eigenvalue weighted by atomic mass is 16.3. The molecule has 0 heterocycles. The third-order valence-electron chi connectivity index (χ3n) is 6.00. The van der Waals surface area contributed by atoms with E-state index < -0.39 is 0 Å². The highest BCUT2D eigenvalue weighted by Crippen LogP contribution is 2.57. The van der Waals surface area contributed by atoms with Crippen molar-refractivity contribution in [3.63, 3.8) is 0 Å². The fraction of sp³-hybridized carbons (Fsp3) is 0.500. The molecule has 2 atom stereocenters. The summed E-state index contributed by atoms with van der Waals surface area (Å²) in [6.07, 6.45) is 5.18. The average molecular weight is 284 g/mol. The number of phenols is 2. The van der Waals surface area contributed by atoms with E-state index in [1.165, 1.54) is 11.1 Å². The van der Waals surface area contributed by atoms with Crippen LogP contribution in [0.2, 0.25) is 0 Å². The van der Waals surface area contributed by atoms with Crippen LogP contribution in [0.3, 0.4) is 0 Å². The van der Waals surface area contributed by atoms with Crippen LogP contribution < -0.4 is 0 Å². The third-order valence-corrected chi connectivity index (χ3v) is 6.00. The molecular formula is C18H20O3. The van der Waals surface area contributed by atoms with Crippen molar-refractivity contribution >= 4 is 11.4 Å². The van der Waals surface area contributed by atoms with Crippen molar-refractivity contribution in [3.05, 3.63) is 28.8 Å². The van der Waals surface area contributed by atoms with E-state index >= 15 is 0 Å². The number of phenolic OH excluding ortho intramolecular Hbond substituents is 2. The van der Waals surface area contributed by atoms with Crippen LogP contribution in [0.25, 0.3) is 5.57 Å². The third kappa shape index (κ3) is 1.57. The smallest absolute Gasteiger partial charge is 0.161 e. The number of carbonyl (C=O) groups is 1. The molecule has 0 amide bonds. The number of hydrogen-bond acceptors (Lipinski definition) is 3. The van der Waals surface area contributed by atoms with Crippen molar-refractivity contribution in [2.45, 2.75) is 45.4 Å². The Hall–Kier alpha value is -1.77. The molecule has 1 fully saturated rings. The normalized spacial score (nSPS) is 30.9. The minimum Gasteiger partial charge on any atom is -0.504 e. The first-order valence-electron chi connectivity index (χ1n) is 7.82. The fourth-order valence-corrected chi connectivity index (χ4v) is 4.75. The van der Waals surface area contributed by atoms with Crippen LogP contribution >= 0.6 is 0 Å². The number of ketones is 1. The Kier molecular flexibility index (Phi) is 2.54. The standard InChI is InChI=1S/C18H20O3/c1-18-9-8-11-10-4-6-15(19)17(21)13(10)3-2-12(11)14(18)5-7-16(18)20/h4,6,14,19,21H,2-3,5,7-9H2,1H3/t14-,18-/m0/s1. The van der Waals surface area contributed by atoms with Gasteiger partial charge in [0.1, 0.15) is 5.78 Å². The predicted molar refractivity (Wildman–Crippen MR) is 80.1 cm³/mol. The molecule has 3 nitrogen and oxygen atoms in total. The minimum absolute atomic E-state index is 0.0329. The van der Waals surface area contributed by atoms with E-state index in [2.05, 4.69) is 6.92 Å². The Labute approximate surface area is 124 Å². The lowest BCUT2D eigenvalue weighted by molar-refractivity contribution is -0.126. The first kappa shape index (κ1) is 12.9. The lowest BCUT2D eigenvalue weighted by Gasteiger charge is -2.41. The minimum atomic E-state index is -0.157. The van der Waals surface area contributed by atoms with E-state index in [9.17, 15) is 15.0 Å². The number of allylic oxidation sites excluding steroid dienone is 2. The summed E-state index contributed by atoms with van der Waals surface area (Å²) >= 11 is 0. The van der Waals surface area contributed by atoms with Gasteiger partial charge < -0.3 is 10.2 Å². The molecule has 2 N–H and O–H groups in total. The molecule has 4 rings (SSSR count). The van der Waals surface area contributed by atoms with E-state index in [0.717, 1.165) is 43.2 Å². The van der Waals surface area contributed by atoms with Gasteiger partial charge in [-0.1, -0.05) is 18.6 Å². The number of fused-ring (bicyclic) bond motifs is 4. The van der Waals surface area contributed by atoms with Crippen LogP contribution in [0, 0.1) is 11.3 Å². The number of benzene rings is 1. The highest BCUT2D eigenvalue weighted by molar-refractivity contribution is 5.90. The Balaban J connectivity index is 1.87. The van der Waals surface area contributed by atoms with E-state index in [1.54, 1.807) is 6.07 Å². The molecule has 0 aliphatic heterocycles. The Morgan fingerprint density at radius 1 is 1.14 bits per heavy atom. The maximum absolute atomic E-state index is 12.3. The van der Waals surface area contributed by atoms with Crippen molar-refractivity contribution in [1.29, 1.82) is 0 Å². The largest absolute Gasteiger partial charge is 0.504 e. The van der Waals surface area contributed by atoms with Gasteiger partial charge in [0.05, 0.1) is 0 Å². The summed E-state index contributed by atoms with van der Waals surface area (Å²) < 4.78 is 0. The van der Waals surface area contributed by atoms with Gasteiger partial charge in [0.25, 0.3) is 0 Å². The van der Waals surface area contributed by atoms with Gasteiger partial charge in [-0.3, -0.25) is 4.79 Å². The Morgan fingerprint density at radius 2 is 1.95 bits per heavy atom. The van der Waals surface area contributed by atoms with E-state index in [0.29, 0.717) is 18.1 Å². The zero-order chi connectivity index (χ0) is 14.8. The van der Waals surface area contributed by atoms with Gasteiger partial charge in [-0.25, -0.2) is 0 Å². The molecule has 21 heavy (non-hydrogen) atoms. The zero-order valence-corrected chi connectivity index (χ0v) is 12.3. The molecule has 3 aliphatic rings. The number of carbonyl (C=O) groups excluding carboxylic acids is 1. The molecule has 0 saturated heterocycles. The van der Waals surface area contributed by atoms with E-state index in [1.807, 2.05) is 6.07 Å². The van der Waals surface area contributed by atoms with Crippen LogP contribution in [0.15, 0.2) is 17.7 Å². The van der Waals surface area contributed by atoms with Crippen LogP contribution in [-0.4, -0.2) is 16.0 Å². The SMILES string of the molecule is C[C@]12CCC3=C(CCc4c3ccc(O)c4O)[C@@H]1CCC2=O. The summed E-state index contributed by atoms with van der Waals surface area (Å²) in [6.45, 7) is 2.14. The highest BCUT2D eigenvalue weighted by Gasteiger charge is 2.50. The summed E-state index contributed by atoms with van der Waals surface area (Å²) in [6, 6.07) is 3.51. The first-order chi connectivity index (χ1) is 10.0. The zero-order valence-electron chi connectivity index (χ0n) is 12.3. The topological polar surface area (TPSA) is 57.5 Å². The van der Waals surface area contributed by atoms with Crippen LogP contribution in [-0.2, 0) is 11.2 Å².